The number of benzene rings is 1. The minimum absolute atomic E-state index is 0.597. The first-order valence-corrected chi connectivity index (χ1v) is 6.97. The van der Waals surface area contributed by atoms with E-state index in [0.717, 1.165) is 24.3 Å². The van der Waals surface area contributed by atoms with Crippen molar-refractivity contribution in [2.24, 2.45) is 0 Å². The molecule has 3 heteroatoms. The highest BCUT2D eigenvalue weighted by atomic mass is 79.9. The van der Waals surface area contributed by atoms with Gasteiger partial charge in [0.15, 0.2) is 0 Å². The molecule has 0 aliphatic heterocycles. The molecule has 0 heterocycles. The van der Waals surface area contributed by atoms with Crippen LogP contribution in [-0.2, 0) is 6.42 Å². The monoisotopic (exact) mass is 300 g/mol. The van der Waals surface area contributed by atoms with Crippen LogP contribution in [0.1, 0.15) is 31.7 Å². The molecule has 17 heavy (non-hydrogen) atoms. The van der Waals surface area contributed by atoms with E-state index in [2.05, 4.69) is 28.9 Å². The molecule has 96 valence electrons. The van der Waals surface area contributed by atoms with E-state index >= 15 is 0 Å². The maximum Gasteiger partial charge on any atom is 0.125 e. The van der Waals surface area contributed by atoms with Crippen molar-refractivity contribution >= 4 is 15.9 Å². The van der Waals surface area contributed by atoms with E-state index in [4.69, 9.17) is 9.47 Å². The summed E-state index contributed by atoms with van der Waals surface area (Å²) >= 11 is 3.70. The van der Waals surface area contributed by atoms with Crippen LogP contribution in [0.3, 0.4) is 0 Å². The van der Waals surface area contributed by atoms with Gasteiger partial charge in [0.25, 0.3) is 0 Å². The molecule has 0 fully saturated rings. The van der Waals surface area contributed by atoms with Crippen LogP contribution >= 0.6 is 15.9 Å². The van der Waals surface area contributed by atoms with Crippen LogP contribution < -0.4 is 9.47 Å². The SMILES string of the molecule is CCCC(Br)CCc1ccc(OC)cc1OC. The molecule has 0 aromatic heterocycles. The maximum absolute atomic E-state index is 5.38. The number of halogens is 1. The van der Waals surface area contributed by atoms with Gasteiger partial charge in [-0.2, -0.15) is 0 Å². The molecule has 1 rings (SSSR count). The number of methoxy groups -OCH3 is 2. The molecule has 0 spiro atoms. The lowest BCUT2D eigenvalue weighted by Crippen LogP contribution is -2.01. The highest BCUT2D eigenvalue weighted by Gasteiger charge is 2.08. The molecular weight excluding hydrogens is 280 g/mol. The van der Waals surface area contributed by atoms with Crippen molar-refractivity contribution in [2.45, 2.75) is 37.4 Å². The van der Waals surface area contributed by atoms with Gasteiger partial charge < -0.3 is 9.47 Å². The summed E-state index contributed by atoms with van der Waals surface area (Å²) in [7, 11) is 3.38. The first-order valence-electron chi connectivity index (χ1n) is 6.06. The van der Waals surface area contributed by atoms with Gasteiger partial charge in [0.05, 0.1) is 14.2 Å². The Labute approximate surface area is 112 Å². The van der Waals surface area contributed by atoms with Crippen LogP contribution in [-0.4, -0.2) is 19.0 Å². The number of rotatable bonds is 7. The number of hydrogen-bond acceptors (Lipinski definition) is 2. The minimum Gasteiger partial charge on any atom is -0.497 e. The van der Waals surface area contributed by atoms with Gasteiger partial charge in [-0.1, -0.05) is 35.3 Å². The van der Waals surface area contributed by atoms with E-state index in [1.54, 1.807) is 14.2 Å². The molecule has 0 N–H and O–H groups in total. The fraction of sp³-hybridized carbons (Fsp3) is 0.571. The quantitative estimate of drug-likeness (QED) is 0.703. The summed E-state index contributed by atoms with van der Waals surface area (Å²) in [6.45, 7) is 2.21. The smallest absolute Gasteiger partial charge is 0.125 e. The maximum atomic E-state index is 5.38. The third kappa shape index (κ3) is 4.58. The van der Waals surface area contributed by atoms with E-state index in [1.165, 1.54) is 18.4 Å². The van der Waals surface area contributed by atoms with E-state index < -0.39 is 0 Å². The Kier molecular flexibility index (Phi) is 6.41. The molecule has 0 amide bonds. The Balaban J connectivity index is 2.63. The van der Waals surface area contributed by atoms with Gasteiger partial charge in [-0.05, 0) is 30.9 Å². The normalized spacial score (nSPS) is 12.2. The summed E-state index contributed by atoms with van der Waals surface area (Å²) in [6.07, 6.45) is 4.60. The Morgan fingerprint density at radius 2 is 1.94 bits per heavy atom. The van der Waals surface area contributed by atoms with Crippen molar-refractivity contribution in [2.75, 3.05) is 14.2 Å². The lowest BCUT2D eigenvalue weighted by molar-refractivity contribution is 0.390. The summed E-state index contributed by atoms with van der Waals surface area (Å²) in [6, 6.07) is 6.02. The minimum atomic E-state index is 0.597. The first kappa shape index (κ1) is 14.4. The van der Waals surface area contributed by atoms with Crippen LogP contribution in [0, 0.1) is 0 Å². The van der Waals surface area contributed by atoms with E-state index in [1.807, 2.05) is 12.1 Å². The van der Waals surface area contributed by atoms with Gasteiger partial charge in [0.1, 0.15) is 11.5 Å². The zero-order valence-corrected chi connectivity index (χ0v) is 12.4. The van der Waals surface area contributed by atoms with Crippen LogP contribution in [0.4, 0.5) is 0 Å². The predicted octanol–water partition coefficient (Wildman–Crippen LogP) is 4.20. The molecule has 0 aliphatic carbocycles. The van der Waals surface area contributed by atoms with Crippen molar-refractivity contribution in [1.82, 2.24) is 0 Å². The van der Waals surface area contributed by atoms with E-state index in [9.17, 15) is 0 Å². The van der Waals surface area contributed by atoms with Crippen LogP contribution in [0.5, 0.6) is 11.5 Å². The van der Waals surface area contributed by atoms with Crippen molar-refractivity contribution < 1.29 is 9.47 Å². The second-order valence-electron chi connectivity index (χ2n) is 4.10. The average Bonchev–Trinajstić information content (AvgIpc) is 2.36. The van der Waals surface area contributed by atoms with Gasteiger partial charge in [0, 0.05) is 10.9 Å². The van der Waals surface area contributed by atoms with Gasteiger partial charge in [-0.25, -0.2) is 0 Å². The molecule has 0 aliphatic rings. The fourth-order valence-electron chi connectivity index (χ4n) is 1.83. The number of ether oxygens (including phenoxy) is 2. The molecule has 0 saturated heterocycles. The lowest BCUT2D eigenvalue weighted by Gasteiger charge is -2.12. The Morgan fingerprint density at radius 3 is 2.53 bits per heavy atom. The van der Waals surface area contributed by atoms with Crippen molar-refractivity contribution in [3.05, 3.63) is 23.8 Å². The number of aryl methyl sites for hydroxylation is 1. The molecule has 1 aromatic rings. The largest absolute Gasteiger partial charge is 0.497 e. The van der Waals surface area contributed by atoms with Gasteiger partial charge in [-0.3, -0.25) is 0 Å². The molecule has 1 unspecified atom stereocenters. The Bertz CT molecular complexity index is 339. The fourth-order valence-corrected chi connectivity index (χ4v) is 2.51. The first-order chi connectivity index (χ1) is 8.21. The van der Waals surface area contributed by atoms with Crippen LogP contribution in [0.2, 0.25) is 0 Å². The summed E-state index contributed by atoms with van der Waals surface area (Å²) < 4.78 is 10.6. The average molecular weight is 301 g/mol. The molecular formula is C14H21BrO2. The van der Waals surface area contributed by atoms with E-state index in [-0.39, 0.29) is 0 Å². The van der Waals surface area contributed by atoms with Gasteiger partial charge >= 0.3 is 0 Å². The van der Waals surface area contributed by atoms with Crippen LogP contribution in [0.15, 0.2) is 18.2 Å². The molecule has 1 atom stereocenters. The third-order valence-corrected chi connectivity index (χ3v) is 3.74. The zero-order chi connectivity index (χ0) is 12.7. The van der Waals surface area contributed by atoms with Gasteiger partial charge in [0.2, 0.25) is 0 Å². The third-order valence-electron chi connectivity index (χ3n) is 2.82. The topological polar surface area (TPSA) is 18.5 Å². The second kappa shape index (κ2) is 7.59. The lowest BCUT2D eigenvalue weighted by atomic mass is 10.0. The van der Waals surface area contributed by atoms with E-state index in [0.29, 0.717) is 4.83 Å². The summed E-state index contributed by atoms with van der Waals surface area (Å²) in [5, 5.41) is 0. The Morgan fingerprint density at radius 1 is 1.18 bits per heavy atom. The molecule has 0 bridgehead atoms. The van der Waals surface area contributed by atoms with Crippen molar-refractivity contribution in [1.29, 1.82) is 0 Å². The molecule has 2 nitrogen and oxygen atoms in total. The summed E-state index contributed by atoms with van der Waals surface area (Å²) in [5.41, 5.74) is 1.24. The van der Waals surface area contributed by atoms with Crippen LogP contribution in [0.25, 0.3) is 0 Å². The summed E-state index contributed by atoms with van der Waals surface area (Å²) in [5.74, 6) is 1.76. The van der Waals surface area contributed by atoms with Crippen molar-refractivity contribution in [3.8, 4) is 11.5 Å². The Hall–Kier alpha value is -0.700. The highest BCUT2D eigenvalue weighted by Crippen LogP contribution is 2.27. The zero-order valence-electron chi connectivity index (χ0n) is 10.8. The van der Waals surface area contributed by atoms with Gasteiger partial charge in [-0.15, -0.1) is 0 Å². The molecule has 0 saturated carbocycles. The molecule has 1 aromatic carbocycles. The summed E-state index contributed by atoms with van der Waals surface area (Å²) in [4.78, 5) is 0.597. The number of hydrogen-bond donors (Lipinski definition) is 0. The predicted molar refractivity (Wildman–Crippen MR) is 75.5 cm³/mol. The number of alkyl halides is 1. The highest BCUT2D eigenvalue weighted by molar-refractivity contribution is 9.09. The standard InChI is InChI=1S/C14H21BrO2/c1-4-5-12(15)8-6-11-7-9-13(16-2)10-14(11)17-3/h7,9-10,12H,4-6,8H2,1-3H3. The van der Waals surface area contributed by atoms with Crippen molar-refractivity contribution in [3.63, 3.8) is 0 Å². The second-order valence-corrected chi connectivity index (χ2v) is 5.40. The molecule has 0 radical (unpaired) electrons.